The quantitative estimate of drug-likeness (QED) is 0.210. The number of halogens is 1. The number of nitrogens with one attached hydrogen (secondary N) is 3. The molecule has 1 aliphatic rings. The molecular weight excluding hydrogens is 572 g/mol. The second-order valence-corrected chi connectivity index (χ2v) is 13.1. The number of aliphatic hydroxyl groups excluding tert-OH is 2. The number of nitrogens with zero attached hydrogens (tertiary/aromatic N) is 1. The summed E-state index contributed by atoms with van der Waals surface area (Å²) in [6, 6.07) is 20.3. The summed E-state index contributed by atoms with van der Waals surface area (Å²) in [6.45, 7) is 8.18. The molecule has 4 rings (SSSR count). The predicted octanol–water partition coefficient (Wildman–Crippen LogP) is 4.84. The van der Waals surface area contributed by atoms with Crippen LogP contribution >= 0.6 is 23.4 Å². The van der Waals surface area contributed by atoms with Crippen LogP contribution in [0.4, 0.5) is 10.5 Å². The van der Waals surface area contributed by atoms with Crippen molar-refractivity contribution < 1.29 is 19.8 Å². The van der Waals surface area contributed by atoms with Crippen LogP contribution in [-0.4, -0.2) is 62.1 Å². The van der Waals surface area contributed by atoms with Crippen molar-refractivity contribution in [3.8, 4) is 0 Å². The number of thioether (sulfide) groups is 1. The lowest BCUT2D eigenvalue weighted by molar-refractivity contribution is -0.145. The van der Waals surface area contributed by atoms with Gasteiger partial charge in [-0.1, -0.05) is 72.3 Å². The molecule has 224 valence electrons. The smallest absolute Gasteiger partial charge is 0.319 e. The summed E-state index contributed by atoms with van der Waals surface area (Å²) in [6.07, 6.45) is -2.38. The van der Waals surface area contributed by atoms with E-state index in [0.29, 0.717) is 28.7 Å². The van der Waals surface area contributed by atoms with Crippen molar-refractivity contribution in [3.63, 3.8) is 0 Å². The average molecular weight is 611 g/mol. The number of carbonyl (C=O) groups is 2. The van der Waals surface area contributed by atoms with Gasteiger partial charge in [-0.3, -0.25) is 10.1 Å². The second-order valence-electron chi connectivity index (χ2n) is 11.1. The summed E-state index contributed by atoms with van der Waals surface area (Å²) in [5.74, 6) is -0.266. The van der Waals surface area contributed by atoms with Gasteiger partial charge in [0.1, 0.15) is 6.23 Å². The third-order valence-electron chi connectivity index (χ3n) is 7.73. The molecule has 0 bridgehead atoms. The van der Waals surface area contributed by atoms with E-state index in [1.807, 2.05) is 75.4 Å². The van der Waals surface area contributed by atoms with Crippen LogP contribution in [0.1, 0.15) is 36.1 Å². The van der Waals surface area contributed by atoms with Gasteiger partial charge < -0.3 is 25.7 Å². The molecule has 8 nitrogen and oxygen atoms in total. The third kappa shape index (κ3) is 7.65. The van der Waals surface area contributed by atoms with Crippen LogP contribution in [0.15, 0.2) is 72.8 Å². The van der Waals surface area contributed by atoms with Gasteiger partial charge in [-0.15, -0.1) is 11.8 Å². The van der Waals surface area contributed by atoms with E-state index in [4.69, 9.17) is 11.6 Å². The van der Waals surface area contributed by atoms with Crippen molar-refractivity contribution in [1.82, 2.24) is 15.5 Å². The second kappa shape index (κ2) is 13.9. The van der Waals surface area contributed by atoms with Crippen LogP contribution in [0.25, 0.3) is 0 Å². The Kier molecular flexibility index (Phi) is 10.6. The fraction of sp³-hybridized carbons (Fsp3) is 0.375. The van der Waals surface area contributed by atoms with Crippen LogP contribution in [-0.2, 0) is 17.8 Å². The minimum Gasteiger partial charge on any atom is -0.381 e. The minimum atomic E-state index is -1.56. The number of rotatable bonds is 10. The lowest BCUT2D eigenvalue weighted by atomic mass is 9.96. The average Bonchev–Trinajstić information content (AvgIpc) is 3.29. The van der Waals surface area contributed by atoms with Crippen molar-refractivity contribution in [1.29, 1.82) is 0 Å². The van der Waals surface area contributed by atoms with E-state index in [1.54, 1.807) is 25.1 Å². The number of benzene rings is 3. The van der Waals surface area contributed by atoms with Gasteiger partial charge in [-0.05, 0) is 68.5 Å². The monoisotopic (exact) mass is 610 g/mol. The molecule has 0 aromatic heterocycles. The first-order valence-corrected chi connectivity index (χ1v) is 15.3. The summed E-state index contributed by atoms with van der Waals surface area (Å²) < 4.78 is -0.489. The number of urea groups is 1. The first-order valence-electron chi connectivity index (χ1n) is 13.9. The Morgan fingerprint density at radius 2 is 1.71 bits per heavy atom. The molecule has 0 radical (unpaired) electrons. The van der Waals surface area contributed by atoms with Gasteiger partial charge in [0, 0.05) is 22.0 Å². The molecule has 1 heterocycles. The molecule has 1 aliphatic heterocycles. The Labute approximate surface area is 256 Å². The number of aliphatic hydroxyl groups is 2. The molecule has 0 spiro atoms. The molecule has 5 N–H and O–H groups in total. The topological polar surface area (TPSA) is 114 Å². The first-order chi connectivity index (χ1) is 20.0. The van der Waals surface area contributed by atoms with Gasteiger partial charge >= 0.3 is 6.03 Å². The van der Waals surface area contributed by atoms with Gasteiger partial charge in [-0.25, -0.2) is 4.79 Å². The summed E-state index contributed by atoms with van der Waals surface area (Å²) in [5, 5.41) is 32.0. The molecule has 1 unspecified atom stereocenters. The van der Waals surface area contributed by atoms with E-state index in [1.165, 1.54) is 16.7 Å². The van der Waals surface area contributed by atoms with Crippen LogP contribution in [0, 0.1) is 13.8 Å². The van der Waals surface area contributed by atoms with E-state index >= 15 is 0 Å². The standard InChI is InChI=1S/C32H39ClN4O4S/c1-20-11-8-9-14-23(20)18-34-29(39)28-32(3,4)42-19-37(28)30(40)27(38)26(17-22-12-6-5-7-13-22)36-31(41)35-25-16-10-15-24(33)21(25)2/h5-16,26-29,34,38-39H,17-19H2,1-4H3,(H2,35,36,41)/t26-,27-,28+,29?/m0/s1. The Morgan fingerprint density at radius 3 is 2.43 bits per heavy atom. The van der Waals surface area contributed by atoms with E-state index < -0.39 is 41.1 Å². The summed E-state index contributed by atoms with van der Waals surface area (Å²) in [7, 11) is 0. The summed E-state index contributed by atoms with van der Waals surface area (Å²) >= 11 is 7.74. The predicted molar refractivity (Wildman–Crippen MR) is 169 cm³/mol. The fourth-order valence-electron chi connectivity index (χ4n) is 5.18. The molecule has 10 heteroatoms. The lowest BCUT2D eigenvalue weighted by Gasteiger charge is -2.37. The normalized spacial score (nSPS) is 18.3. The van der Waals surface area contributed by atoms with Gasteiger partial charge in [0.15, 0.2) is 6.10 Å². The zero-order chi connectivity index (χ0) is 30.4. The maximum Gasteiger partial charge on any atom is 0.319 e. The summed E-state index contributed by atoms with van der Waals surface area (Å²) in [5.41, 5.74) is 4.23. The van der Waals surface area contributed by atoms with E-state index in [0.717, 1.165) is 16.7 Å². The zero-order valence-corrected chi connectivity index (χ0v) is 25.9. The van der Waals surface area contributed by atoms with E-state index in [-0.39, 0.29) is 6.42 Å². The van der Waals surface area contributed by atoms with E-state index in [9.17, 15) is 19.8 Å². The Balaban J connectivity index is 1.52. The summed E-state index contributed by atoms with van der Waals surface area (Å²) in [4.78, 5) is 28.5. The van der Waals surface area contributed by atoms with Gasteiger partial charge in [-0.2, -0.15) is 0 Å². The maximum absolute atomic E-state index is 13.9. The van der Waals surface area contributed by atoms with Crippen molar-refractivity contribution in [2.24, 2.45) is 0 Å². The zero-order valence-electron chi connectivity index (χ0n) is 24.3. The van der Waals surface area contributed by atoms with Crippen molar-refractivity contribution >= 4 is 41.0 Å². The molecule has 1 saturated heterocycles. The van der Waals surface area contributed by atoms with Crippen LogP contribution < -0.4 is 16.0 Å². The molecule has 4 atom stereocenters. The molecule has 3 aromatic carbocycles. The fourth-order valence-corrected chi connectivity index (χ4v) is 6.55. The number of aryl methyl sites for hydroxylation is 1. The van der Waals surface area contributed by atoms with Crippen LogP contribution in [0.5, 0.6) is 0 Å². The number of amides is 3. The molecule has 0 saturated carbocycles. The highest BCUT2D eigenvalue weighted by Crippen LogP contribution is 2.41. The maximum atomic E-state index is 13.9. The van der Waals surface area contributed by atoms with Gasteiger partial charge in [0.05, 0.1) is 18.0 Å². The molecule has 3 amide bonds. The number of hydrogen-bond donors (Lipinski definition) is 5. The van der Waals surface area contributed by atoms with Gasteiger partial charge in [0.25, 0.3) is 5.91 Å². The number of carbonyl (C=O) groups excluding carboxylic acids is 2. The number of hydrogen-bond acceptors (Lipinski definition) is 6. The third-order valence-corrected chi connectivity index (χ3v) is 9.54. The van der Waals surface area contributed by atoms with Crippen molar-refractivity contribution in [3.05, 3.63) is 100 Å². The Morgan fingerprint density at radius 1 is 1.02 bits per heavy atom. The van der Waals surface area contributed by atoms with Crippen molar-refractivity contribution in [2.45, 2.75) is 69.8 Å². The molecular formula is C32H39ClN4O4S. The Bertz CT molecular complexity index is 1390. The van der Waals surface area contributed by atoms with E-state index in [2.05, 4.69) is 16.0 Å². The first kappa shape index (κ1) is 31.8. The highest BCUT2D eigenvalue weighted by Gasteiger charge is 2.49. The minimum absolute atomic E-state index is 0.221. The van der Waals surface area contributed by atoms with Crippen LogP contribution in [0.3, 0.4) is 0 Å². The molecule has 42 heavy (non-hydrogen) atoms. The molecule has 0 aliphatic carbocycles. The SMILES string of the molecule is Cc1ccccc1CNC(O)[C@H]1N(C(=O)[C@@H](O)[C@H](Cc2ccccc2)NC(=O)Nc2cccc(Cl)c2C)CSC1(C)C. The van der Waals surface area contributed by atoms with Gasteiger partial charge in [0.2, 0.25) is 0 Å². The molecule has 3 aromatic rings. The van der Waals surface area contributed by atoms with Crippen molar-refractivity contribution in [2.75, 3.05) is 11.2 Å². The number of anilines is 1. The molecule has 1 fully saturated rings. The van der Waals surface area contributed by atoms with Crippen LogP contribution in [0.2, 0.25) is 5.02 Å². The Hall–Kier alpha value is -3.08. The highest BCUT2D eigenvalue weighted by molar-refractivity contribution is 8.00. The largest absolute Gasteiger partial charge is 0.381 e. The highest BCUT2D eigenvalue weighted by atomic mass is 35.5. The lowest BCUT2D eigenvalue weighted by Crippen LogP contribution is -2.60.